The van der Waals surface area contributed by atoms with Crippen molar-refractivity contribution in [3.05, 3.63) is 12.2 Å². The lowest BCUT2D eigenvalue weighted by Gasteiger charge is -2.18. The van der Waals surface area contributed by atoms with E-state index in [0.717, 1.165) is 64.2 Å². The minimum Gasteiger partial charge on any atom is -0.462 e. The summed E-state index contributed by atoms with van der Waals surface area (Å²) in [5.41, 5.74) is 0. The van der Waals surface area contributed by atoms with Crippen LogP contribution in [-0.4, -0.2) is 37.2 Å². The first kappa shape index (κ1) is 65.1. The van der Waals surface area contributed by atoms with E-state index in [2.05, 4.69) is 32.9 Å². The van der Waals surface area contributed by atoms with Gasteiger partial charge < -0.3 is 14.2 Å². The van der Waals surface area contributed by atoms with Crippen molar-refractivity contribution in [1.82, 2.24) is 0 Å². The maximum atomic E-state index is 12.8. The van der Waals surface area contributed by atoms with Crippen molar-refractivity contribution >= 4 is 17.9 Å². The Morgan fingerprint density at radius 1 is 0.284 bits per heavy atom. The number of rotatable bonds is 56. The number of carbonyl (C=O) groups excluding carboxylic acids is 3. The predicted octanol–water partition coefficient (Wildman–Crippen LogP) is 20.1. The summed E-state index contributed by atoms with van der Waals surface area (Å²) in [6, 6.07) is 0. The normalized spacial score (nSPS) is 12.0. The number of esters is 3. The zero-order valence-corrected chi connectivity index (χ0v) is 45.5. The van der Waals surface area contributed by atoms with Crippen molar-refractivity contribution in [1.29, 1.82) is 0 Å². The van der Waals surface area contributed by atoms with Crippen molar-refractivity contribution < 1.29 is 28.6 Å². The van der Waals surface area contributed by atoms with Crippen LogP contribution in [0.1, 0.15) is 342 Å². The number of unbranched alkanes of at least 4 members (excludes halogenated alkanes) is 43. The second-order valence-corrected chi connectivity index (χ2v) is 20.6. The maximum absolute atomic E-state index is 12.8. The molecule has 0 spiro atoms. The molecular formula is C61H116O6. The topological polar surface area (TPSA) is 78.9 Å². The Kier molecular flexibility index (Phi) is 55.2. The van der Waals surface area contributed by atoms with E-state index in [9.17, 15) is 14.4 Å². The molecule has 0 aromatic heterocycles. The molecule has 0 aliphatic rings. The summed E-state index contributed by atoms with van der Waals surface area (Å²) in [6.45, 7) is 6.69. The van der Waals surface area contributed by atoms with E-state index in [-0.39, 0.29) is 31.1 Å². The summed E-state index contributed by atoms with van der Waals surface area (Å²) in [7, 11) is 0. The van der Waals surface area contributed by atoms with Crippen LogP contribution in [0.3, 0.4) is 0 Å². The molecule has 0 saturated heterocycles. The van der Waals surface area contributed by atoms with Crippen LogP contribution >= 0.6 is 0 Å². The Morgan fingerprint density at radius 3 is 0.746 bits per heavy atom. The number of carbonyl (C=O) groups is 3. The van der Waals surface area contributed by atoms with Gasteiger partial charge in [-0.1, -0.05) is 290 Å². The lowest BCUT2D eigenvalue weighted by molar-refractivity contribution is -0.167. The second-order valence-electron chi connectivity index (χ2n) is 20.6. The fourth-order valence-corrected chi connectivity index (χ4v) is 9.21. The van der Waals surface area contributed by atoms with E-state index in [1.54, 1.807) is 0 Å². The molecule has 0 saturated carbocycles. The van der Waals surface area contributed by atoms with Crippen LogP contribution in [-0.2, 0) is 28.6 Å². The largest absolute Gasteiger partial charge is 0.462 e. The smallest absolute Gasteiger partial charge is 0.306 e. The zero-order chi connectivity index (χ0) is 48.6. The second kappa shape index (κ2) is 56.7. The van der Waals surface area contributed by atoms with Crippen molar-refractivity contribution in [2.24, 2.45) is 0 Å². The van der Waals surface area contributed by atoms with Crippen molar-refractivity contribution in [3.63, 3.8) is 0 Å². The minimum absolute atomic E-state index is 0.0664. The van der Waals surface area contributed by atoms with Crippen LogP contribution in [0.15, 0.2) is 12.2 Å². The van der Waals surface area contributed by atoms with Crippen LogP contribution in [0.25, 0.3) is 0 Å². The molecule has 0 N–H and O–H groups in total. The number of hydrogen-bond acceptors (Lipinski definition) is 6. The van der Waals surface area contributed by atoms with Gasteiger partial charge in [0.1, 0.15) is 13.2 Å². The van der Waals surface area contributed by atoms with E-state index < -0.39 is 6.10 Å². The first-order valence-electron chi connectivity index (χ1n) is 30.2. The van der Waals surface area contributed by atoms with Crippen molar-refractivity contribution in [2.75, 3.05) is 13.2 Å². The molecule has 1 atom stereocenters. The van der Waals surface area contributed by atoms with Gasteiger partial charge in [0, 0.05) is 19.3 Å². The Bertz CT molecular complexity index is 1040. The van der Waals surface area contributed by atoms with Gasteiger partial charge in [0.2, 0.25) is 0 Å². The highest BCUT2D eigenvalue weighted by Crippen LogP contribution is 2.18. The summed E-state index contributed by atoms with van der Waals surface area (Å²) in [6.07, 6.45) is 64.9. The van der Waals surface area contributed by atoms with Crippen molar-refractivity contribution in [3.8, 4) is 0 Å². The molecule has 0 radical (unpaired) electrons. The highest BCUT2D eigenvalue weighted by atomic mass is 16.6. The lowest BCUT2D eigenvalue weighted by Crippen LogP contribution is -2.30. The molecule has 0 rings (SSSR count). The molecule has 6 nitrogen and oxygen atoms in total. The molecule has 67 heavy (non-hydrogen) atoms. The first-order chi connectivity index (χ1) is 33.0. The Morgan fingerprint density at radius 2 is 0.493 bits per heavy atom. The molecule has 0 unspecified atom stereocenters. The molecule has 6 heteroatoms. The summed E-state index contributed by atoms with van der Waals surface area (Å²) in [4.78, 5) is 38.2. The Balaban J connectivity index is 4.25. The van der Waals surface area contributed by atoms with Crippen LogP contribution in [0.2, 0.25) is 0 Å². The van der Waals surface area contributed by atoms with Gasteiger partial charge in [-0.15, -0.1) is 0 Å². The summed E-state index contributed by atoms with van der Waals surface area (Å²) < 4.78 is 16.9. The molecule has 0 fully saturated rings. The highest BCUT2D eigenvalue weighted by Gasteiger charge is 2.19. The lowest BCUT2D eigenvalue weighted by atomic mass is 10.0. The van der Waals surface area contributed by atoms with Gasteiger partial charge in [0.15, 0.2) is 6.10 Å². The van der Waals surface area contributed by atoms with Crippen LogP contribution in [0, 0.1) is 0 Å². The monoisotopic (exact) mass is 945 g/mol. The molecule has 0 aromatic rings. The van der Waals surface area contributed by atoms with Crippen LogP contribution in [0.5, 0.6) is 0 Å². The Hall–Kier alpha value is -1.85. The average Bonchev–Trinajstić information content (AvgIpc) is 3.33. The van der Waals surface area contributed by atoms with Crippen LogP contribution < -0.4 is 0 Å². The third-order valence-electron chi connectivity index (χ3n) is 13.8. The molecule has 0 aromatic carbocycles. The van der Waals surface area contributed by atoms with E-state index in [1.807, 2.05) is 0 Å². The molecule has 0 aliphatic heterocycles. The zero-order valence-electron chi connectivity index (χ0n) is 45.5. The van der Waals surface area contributed by atoms with Crippen LogP contribution in [0.4, 0.5) is 0 Å². The van der Waals surface area contributed by atoms with Gasteiger partial charge >= 0.3 is 17.9 Å². The number of allylic oxidation sites excluding steroid dienone is 2. The number of hydrogen-bond donors (Lipinski definition) is 0. The minimum atomic E-state index is -0.767. The predicted molar refractivity (Wildman–Crippen MR) is 289 cm³/mol. The summed E-state index contributed by atoms with van der Waals surface area (Å²) in [5, 5.41) is 0. The SMILES string of the molecule is CCCCCCCC/C=C\CCCCCCCC(=O)OC[C@H](COC(=O)CCCCCCCCCCCCCCCCCCCCCCC)OC(=O)CCCCCCCCCCCCCCC. The molecule has 0 aliphatic carbocycles. The molecule has 0 amide bonds. The summed E-state index contributed by atoms with van der Waals surface area (Å²) >= 11 is 0. The van der Waals surface area contributed by atoms with E-state index >= 15 is 0 Å². The molecule has 0 heterocycles. The fraction of sp³-hybridized carbons (Fsp3) is 0.918. The highest BCUT2D eigenvalue weighted by molar-refractivity contribution is 5.71. The maximum Gasteiger partial charge on any atom is 0.306 e. The van der Waals surface area contributed by atoms with Gasteiger partial charge in [-0.25, -0.2) is 0 Å². The van der Waals surface area contributed by atoms with Gasteiger partial charge in [0.25, 0.3) is 0 Å². The first-order valence-corrected chi connectivity index (χ1v) is 30.2. The van der Waals surface area contributed by atoms with Gasteiger partial charge in [0.05, 0.1) is 0 Å². The third kappa shape index (κ3) is 55.0. The number of ether oxygens (including phenoxy) is 3. The fourth-order valence-electron chi connectivity index (χ4n) is 9.21. The molecular weight excluding hydrogens is 829 g/mol. The quantitative estimate of drug-likeness (QED) is 0.0262. The molecule has 0 bridgehead atoms. The van der Waals surface area contributed by atoms with E-state index in [4.69, 9.17) is 14.2 Å². The molecule has 396 valence electrons. The van der Waals surface area contributed by atoms with Crippen molar-refractivity contribution in [2.45, 2.75) is 348 Å². The third-order valence-corrected chi connectivity index (χ3v) is 13.8. The Labute approximate surface area is 418 Å². The van der Waals surface area contributed by atoms with E-state index in [1.165, 1.54) is 238 Å². The van der Waals surface area contributed by atoms with Gasteiger partial charge in [-0.3, -0.25) is 14.4 Å². The average molecular weight is 946 g/mol. The standard InChI is InChI=1S/C61H116O6/c1-4-7-10-13-16-19-22-25-27-28-29-30-31-32-34-37-39-42-45-48-51-54-60(63)66-57-58(67-61(64)55-52-49-46-43-40-35-24-21-18-15-12-9-6-3)56-65-59(62)53-50-47-44-41-38-36-33-26-23-20-17-14-11-8-5-2/h26,33,58H,4-25,27-32,34-57H2,1-3H3/b33-26-/t58-/m1/s1. The van der Waals surface area contributed by atoms with Gasteiger partial charge in [-0.2, -0.15) is 0 Å². The summed E-state index contributed by atoms with van der Waals surface area (Å²) in [5.74, 6) is -0.849. The van der Waals surface area contributed by atoms with Gasteiger partial charge in [-0.05, 0) is 44.9 Å². The van der Waals surface area contributed by atoms with E-state index in [0.29, 0.717) is 19.3 Å².